The molecule has 0 aliphatic rings. The zero-order valence-corrected chi connectivity index (χ0v) is 9.81. The van der Waals surface area contributed by atoms with Gasteiger partial charge in [-0.2, -0.15) is 5.10 Å². The molecule has 80 valence electrons. The third kappa shape index (κ3) is 2.58. The molecule has 0 aliphatic heterocycles. The Morgan fingerprint density at radius 1 is 1.57 bits per heavy atom. The summed E-state index contributed by atoms with van der Waals surface area (Å²) in [5.74, 6) is 0. The molecule has 0 saturated carbocycles. The fourth-order valence-electron chi connectivity index (χ4n) is 1.56. The van der Waals surface area contributed by atoms with E-state index in [1.54, 1.807) is 0 Å². The number of hydrogen-bond donors (Lipinski definition) is 2. The van der Waals surface area contributed by atoms with E-state index in [0.29, 0.717) is 6.04 Å². The Bertz CT molecular complexity index is 288. The van der Waals surface area contributed by atoms with Gasteiger partial charge in [0.2, 0.25) is 0 Å². The van der Waals surface area contributed by atoms with E-state index >= 15 is 0 Å². The standard InChI is InChI=1S/C11H21N3/c1-6-11(4,5)13-8(2)10-7-12-14-9(10)3/h7-8,13H,6H2,1-5H3,(H,12,14). The molecule has 3 nitrogen and oxygen atoms in total. The van der Waals surface area contributed by atoms with Crippen molar-refractivity contribution in [3.63, 3.8) is 0 Å². The number of hydrogen-bond acceptors (Lipinski definition) is 2. The highest BCUT2D eigenvalue weighted by Gasteiger charge is 2.19. The van der Waals surface area contributed by atoms with Crippen LogP contribution in [-0.4, -0.2) is 15.7 Å². The highest BCUT2D eigenvalue weighted by atomic mass is 15.1. The third-order valence-corrected chi connectivity index (χ3v) is 2.83. The summed E-state index contributed by atoms with van der Waals surface area (Å²) in [6.45, 7) is 10.9. The maximum absolute atomic E-state index is 4.03. The molecule has 0 bridgehead atoms. The SMILES string of the molecule is CCC(C)(C)NC(C)c1cn[nH]c1C. The molecule has 2 N–H and O–H groups in total. The molecule has 1 rings (SSSR count). The Kier molecular flexibility index (Phi) is 3.32. The second kappa shape index (κ2) is 4.13. The summed E-state index contributed by atoms with van der Waals surface area (Å²) in [4.78, 5) is 0. The summed E-state index contributed by atoms with van der Waals surface area (Å²) in [6, 6.07) is 0.351. The van der Waals surface area contributed by atoms with Crippen molar-refractivity contribution in [2.75, 3.05) is 0 Å². The summed E-state index contributed by atoms with van der Waals surface area (Å²) in [6.07, 6.45) is 3.02. The van der Waals surface area contributed by atoms with Crippen molar-refractivity contribution in [2.24, 2.45) is 0 Å². The van der Waals surface area contributed by atoms with Crippen LogP contribution in [0.3, 0.4) is 0 Å². The molecule has 0 saturated heterocycles. The van der Waals surface area contributed by atoms with Crippen LogP contribution < -0.4 is 5.32 Å². The van der Waals surface area contributed by atoms with E-state index in [1.165, 1.54) is 5.56 Å². The van der Waals surface area contributed by atoms with E-state index in [2.05, 4.69) is 50.1 Å². The lowest BCUT2D eigenvalue weighted by atomic mass is 9.99. The van der Waals surface area contributed by atoms with Gasteiger partial charge in [0, 0.05) is 22.8 Å². The van der Waals surface area contributed by atoms with E-state index in [4.69, 9.17) is 0 Å². The molecule has 1 atom stereocenters. The predicted octanol–water partition coefficient (Wildman–Crippen LogP) is 2.56. The second-order valence-electron chi connectivity index (χ2n) is 4.55. The van der Waals surface area contributed by atoms with Crippen LogP contribution in [-0.2, 0) is 0 Å². The lowest BCUT2D eigenvalue weighted by molar-refractivity contribution is 0.337. The van der Waals surface area contributed by atoms with E-state index in [0.717, 1.165) is 12.1 Å². The van der Waals surface area contributed by atoms with E-state index in [1.807, 2.05) is 6.20 Å². The van der Waals surface area contributed by atoms with Crippen LogP contribution in [0.2, 0.25) is 0 Å². The fourth-order valence-corrected chi connectivity index (χ4v) is 1.56. The summed E-state index contributed by atoms with van der Waals surface area (Å²) < 4.78 is 0. The number of rotatable bonds is 4. The smallest absolute Gasteiger partial charge is 0.0537 e. The first-order valence-electron chi connectivity index (χ1n) is 5.24. The largest absolute Gasteiger partial charge is 0.305 e. The average Bonchev–Trinajstić information content (AvgIpc) is 2.51. The van der Waals surface area contributed by atoms with Gasteiger partial charge in [-0.25, -0.2) is 0 Å². The number of aromatic amines is 1. The normalized spacial score (nSPS) is 14.4. The Hall–Kier alpha value is -0.830. The zero-order chi connectivity index (χ0) is 10.8. The Morgan fingerprint density at radius 2 is 2.21 bits per heavy atom. The van der Waals surface area contributed by atoms with E-state index in [9.17, 15) is 0 Å². The third-order valence-electron chi connectivity index (χ3n) is 2.83. The molecule has 0 fully saturated rings. The van der Waals surface area contributed by atoms with Crippen molar-refractivity contribution in [1.82, 2.24) is 15.5 Å². The predicted molar refractivity (Wildman–Crippen MR) is 59.2 cm³/mol. The summed E-state index contributed by atoms with van der Waals surface area (Å²) >= 11 is 0. The van der Waals surface area contributed by atoms with Gasteiger partial charge in [-0.05, 0) is 34.1 Å². The number of nitrogens with zero attached hydrogens (tertiary/aromatic N) is 1. The molecule has 14 heavy (non-hydrogen) atoms. The second-order valence-corrected chi connectivity index (χ2v) is 4.55. The van der Waals surface area contributed by atoms with Crippen molar-refractivity contribution >= 4 is 0 Å². The van der Waals surface area contributed by atoms with Crippen LogP contribution in [0.4, 0.5) is 0 Å². The van der Waals surface area contributed by atoms with Crippen LogP contribution in [0.5, 0.6) is 0 Å². The van der Waals surface area contributed by atoms with Gasteiger partial charge in [0.15, 0.2) is 0 Å². The molecule has 3 heteroatoms. The molecule has 1 heterocycles. The molecule has 0 aliphatic carbocycles. The van der Waals surface area contributed by atoms with E-state index < -0.39 is 0 Å². The fraction of sp³-hybridized carbons (Fsp3) is 0.727. The summed E-state index contributed by atoms with van der Waals surface area (Å²) in [5, 5.41) is 10.6. The number of nitrogens with one attached hydrogen (secondary N) is 2. The minimum atomic E-state index is 0.184. The van der Waals surface area contributed by atoms with Crippen molar-refractivity contribution in [2.45, 2.75) is 52.6 Å². The maximum atomic E-state index is 4.03. The van der Waals surface area contributed by atoms with Crippen LogP contribution in [0.25, 0.3) is 0 Å². The molecular formula is C11H21N3. The lowest BCUT2D eigenvalue weighted by Gasteiger charge is -2.29. The highest BCUT2D eigenvalue weighted by molar-refractivity contribution is 5.18. The quantitative estimate of drug-likeness (QED) is 0.775. The summed E-state index contributed by atoms with van der Waals surface area (Å²) in [7, 11) is 0. The molecule has 0 amide bonds. The summed E-state index contributed by atoms with van der Waals surface area (Å²) in [5.41, 5.74) is 2.59. The number of aryl methyl sites for hydroxylation is 1. The first kappa shape index (κ1) is 11.2. The molecule has 0 spiro atoms. The van der Waals surface area contributed by atoms with Crippen LogP contribution in [0.1, 0.15) is 51.4 Å². The molecule has 1 aromatic heterocycles. The van der Waals surface area contributed by atoms with E-state index in [-0.39, 0.29) is 5.54 Å². The van der Waals surface area contributed by atoms with Crippen molar-refractivity contribution in [1.29, 1.82) is 0 Å². The average molecular weight is 195 g/mol. The molecule has 1 aromatic rings. The topological polar surface area (TPSA) is 40.7 Å². The zero-order valence-electron chi connectivity index (χ0n) is 9.81. The number of aromatic nitrogens is 2. The molecule has 1 unspecified atom stereocenters. The minimum Gasteiger partial charge on any atom is -0.305 e. The van der Waals surface area contributed by atoms with Gasteiger partial charge in [-0.1, -0.05) is 6.92 Å². The van der Waals surface area contributed by atoms with Crippen LogP contribution in [0, 0.1) is 6.92 Å². The van der Waals surface area contributed by atoms with Gasteiger partial charge in [0.1, 0.15) is 0 Å². The molecular weight excluding hydrogens is 174 g/mol. The van der Waals surface area contributed by atoms with Gasteiger partial charge in [0.25, 0.3) is 0 Å². The lowest BCUT2D eigenvalue weighted by Crippen LogP contribution is -2.40. The monoisotopic (exact) mass is 195 g/mol. The first-order chi connectivity index (χ1) is 6.46. The highest BCUT2D eigenvalue weighted by Crippen LogP contribution is 2.19. The van der Waals surface area contributed by atoms with Crippen LogP contribution >= 0.6 is 0 Å². The Morgan fingerprint density at radius 3 is 2.64 bits per heavy atom. The van der Waals surface area contributed by atoms with Crippen molar-refractivity contribution in [3.05, 3.63) is 17.5 Å². The minimum absolute atomic E-state index is 0.184. The maximum Gasteiger partial charge on any atom is 0.0537 e. The first-order valence-corrected chi connectivity index (χ1v) is 5.24. The van der Waals surface area contributed by atoms with Gasteiger partial charge in [-0.15, -0.1) is 0 Å². The van der Waals surface area contributed by atoms with Crippen molar-refractivity contribution in [3.8, 4) is 0 Å². The Labute approximate surface area is 86.3 Å². The van der Waals surface area contributed by atoms with Gasteiger partial charge in [-0.3, -0.25) is 5.10 Å². The van der Waals surface area contributed by atoms with Crippen LogP contribution in [0.15, 0.2) is 6.20 Å². The van der Waals surface area contributed by atoms with Gasteiger partial charge in [0.05, 0.1) is 6.20 Å². The number of H-pyrrole nitrogens is 1. The van der Waals surface area contributed by atoms with Crippen molar-refractivity contribution < 1.29 is 0 Å². The van der Waals surface area contributed by atoms with Gasteiger partial charge < -0.3 is 5.32 Å². The molecule has 0 aromatic carbocycles. The van der Waals surface area contributed by atoms with Gasteiger partial charge >= 0.3 is 0 Å². The Balaban J connectivity index is 2.68. The molecule has 0 radical (unpaired) electrons.